The summed E-state index contributed by atoms with van der Waals surface area (Å²) in [5, 5.41) is 4.04. The molecular weight excluding hydrogens is 380 g/mol. The molecule has 2 N–H and O–H groups in total. The van der Waals surface area contributed by atoms with Crippen molar-refractivity contribution in [2.75, 3.05) is 19.5 Å². The second-order valence-corrected chi connectivity index (χ2v) is 7.27. The lowest BCUT2D eigenvalue weighted by molar-refractivity contribution is -0.116. The Morgan fingerprint density at radius 2 is 1.87 bits per heavy atom. The fourth-order valence-corrected chi connectivity index (χ4v) is 3.50. The molecule has 1 amide bonds. The van der Waals surface area contributed by atoms with Crippen LogP contribution in [0.15, 0.2) is 42.6 Å². The highest BCUT2D eigenvalue weighted by Crippen LogP contribution is 2.28. The lowest BCUT2D eigenvalue weighted by Gasteiger charge is -2.10. The molecule has 1 heterocycles. The maximum Gasteiger partial charge on any atom is 0.337 e. The number of anilines is 1. The first-order chi connectivity index (χ1) is 14.5. The number of aromatic nitrogens is 1. The number of esters is 1. The number of unbranched alkanes of at least 4 members (excludes halogenated alkanes) is 2. The third-order valence-electron chi connectivity index (χ3n) is 5.15. The molecule has 0 fully saturated rings. The lowest BCUT2D eigenvalue weighted by Crippen LogP contribution is -2.10. The summed E-state index contributed by atoms with van der Waals surface area (Å²) in [6.07, 6.45) is 6.18. The van der Waals surface area contributed by atoms with Crippen LogP contribution >= 0.6 is 0 Å². The van der Waals surface area contributed by atoms with Crippen LogP contribution in [0.2, 0.25) is 0 Å². The minimum Gasteiger partial charge on any atom is -0.496 e. The van der Waals surface area contributed by atoms with Crippen LogP contribution < -0.4 is 10.1 Å². The number of amides is 1. The molecule has 0 saturated carbocycles. The van der Waals surface area contributed by atoms with E-state index in [1.165, 1.54) is 7.11 Å². The highest BCUT2D eigenvalue weighted by molar-refractivity contribution is 5.95. The van der Waals surface area contributed by atoms with Gasteiger partial charge in [-0.05, 0) is 47.9 Å². The van der Waals surface area contributed by atoms with Crippen molar-refractivity contribution in [3.63, 3.8) is 0 Å². The first-order valence-corrected chi connectivity index (χ1v) is 10.2. The standard InChI is InChI=1S/C24H28N2O4/c1-4-5-6-7-23(27)26-19-10-11-21-20(14-19)18(15-25-21)12-16-8-9-17(24(28)30-3)13-22(16)29-2/h8-11,13-15,25H,4-7,12H2,1-3H3,(H,26,27). The van der Waals surface area contributed by atoms with Gasteiger partial charge in [0.05, 0.1) is 19.8 Å². The fourth-order valence-electron chi connectivity index (χ4n) is 3.50. The first kappa shape index (κ1) is 21.4. The Bertz CT molecular complexity index is 1040. The third kappa shape index (κ3) is 5.00. The summed E-state index contributed by atoms with van der Waals surface area (Å²) in [5.41, 5.74) is 4.28. The maximum absolute atomic E-state index is 12.2. The van der Waals surface area contributed by atoms with E-state index in [-0.39, 0.29) is 5.91 Å². The van der Waals surface area contributed by atoms with E-state index in [9.17, 15) is 9.59 Å². The molecule has 0 atom stereocenters. The summed E-state index contributed by atoms with van der Waals surface area (Å²) < 4.78 is 10.3. The molecule has 1 aromatic heterocycles. The molecule has 0 aliphatic rings. The Labute approximate surface area is 176 Å². The number of H-pyrrole nitrogens is 1. The smallest absolute Gasteiger partial charge is 0.337 e. The summed E-state index contributed by atoms with van der Waals surface area (Å²) in [4.78, 5) is 27.2. The van der Waals surface area contributed by atoms with Gasteiger partial charge in [-0.15, -0.1) is 0 Å². The van der Waals surface area contributed by atoms with Crippen LogP contribution in [0, 0.1) is 0 Å². The average Bonchev–Trinajstić information content (AvgIpc) is 3.15. The number of carbonyl (C=O) groups excluding carboxylic acids is 2. The van der Waals surface area contributed by atoms with Crippen molar-refractivity contribution >= 4 is 28.5 Å². The number of nitrogens with one attached hydrogen (secondary N) is 2. The number of hydrogen-bond acceptors (Lipinski definition) is 4. The minimum atomic E-state index is -0.397. The van der Waals surface area contributed by atoms with Crippen molar-refractivity contribution in [3.8, 4) is 5.75 Å². The molecule has 6 heteroatoms. The van der Waals surface area contributed by atoms with Gasteiger partial charge in [0.15, 0.2) is 0 Å². The van der Waals surface area contributed by atoms with Crippen LogP contribution in [0.3, 0.4) is 0 Å². The second-order valence-electron chi connectivity index (χ2n) is 7.27. The van der Waals surface area contributed by atoms with Gasteiger partial charge in [-0.3, -0.25) is 4.79 Å². The van der Waals surface area contributed by atoms with E-state index in [0.29, 0.717) is 24.2 Å². The Morgan fingerprint density at radius 1 is 1.03 bits per heavy atom. The van der Waals surface area contributed by atoms with E-state index in [2.05, 4.69) is 17.2 Å². The van der Waals surface area contributed by atoms with Crippen LogP contribution in [0.1, 0.15) is 54.1 Å². The number of methoxy groups -OCH3 is 2. The molecule has 3 aromatic rings. The molecular formula is C24H28N2O4. The molecule has 3 rings (SSSR count). The number of aromatic amines is 1. The van der Waals surface area contributed by atoms with Gasteiger partial charge >= 0.3 is 5.97 Å². The normalized spacial score (nSPS) is 10.8. The molecule has 0 radical (unpaired) electrons. The van der Waals surface area contributed by atoms with Crippen LogP contribution in [-0.2, 0) is 16.0 Å². The lowest BCUT2D eigenvalue weighted by atomic mass is 10.0. The molecule has 0 saturated heterocycles. The van der Waals surface area contributed by atoms with Gasteiger partial charge in [0.1, 0.15) is 5.75 Å². The molecule has 0 aliphatic heterocycles. The Kier molecular flexibility index (Phi) is 7.12. The summed E-state index contributed by atoms with van der Waals surface area (Å²) in [7, 11) is 2.94. The van der Waals surface area contributed by atoms with Crippen molar-refractivity contribution in [2.24, 2.45) is 0 Å². The summed E-state index contributed by atoms with van der Waals surface area (Å²) in [5.74, 6) is 0.277. The van der Waals surface area contributed by atoms with E-state index in [4.69, 9.17) is 9.47 Å². The molecule has 2 aromatic carbocycles. The summed E-state index contributed by atoms with van der Waals surface area (Å²) in [6.45, 7) is 2.12. The largest absolute Gasteiger partial charge is 0.496 e. The number of carbonyl (C=O) groups is 2. The van der Waals surface area contributed by atoms with Crippen molar-refractivity contribution < 1.29 is 19.1 Å². The highest BCUT2D eigenvalue weighted by Gasteiger charge is 2.13. The van der Waals surface area contributed by atoms with Crippen LogP contribution in [-0.4, -0.2) is 31.1 Å². The first-order valence-electron chi connectivity index (χ1n) is 10.2. The van der Waals surface area contributed by atoms with Gasteiger partial charge in [0.25, 0.3) is 0 Å². The van der Waals surface area contributed by atoms with E-state index < -0.39 is 5.97 Å². The van der Waals surface area contributed by atoms with Gasteiger partial charge in [-0.2, -0.15) is 0 Å². The Morgan fingerprint density at radius 3 is 2.60 bits per heavy atom. The van der Waals surface area contributed by atoms with Gasteiger partial charge < -0.3 is 19.8 Å². The van der Waals surface area contributed by atoms with Crippen LogP contribution in [0.5, 0.6) is 5.75 Å². The monoisotopic (exact) mass is 408 g/mol. The number of fused-ring (bicyclic) bond motifs is 1. The minimum absolute atomic E-state index is 0.0416. The van der Waals surface area contributed by atoms with E-state index in [1.54, 1.807) is 19.2 Å². The van der Waals surface area contributed by atoms with Gasteiger partial charge in [-0.1, -0.05) is 25.8 Å². The number of rotatable bonds is 9. The zero-order valence-electron chi connectivity index (χ0n) is 17.7. The summed E-state index contributed by atoms with van der Waals surface area (Å²) in [6, 6.07) is 11.2. The number of ether oxygens (including phenoxy) is 2. The topological polar surface area (TPSA) is 80.4 Å². The molecule has 0 unspecified atom stereocenters. The van der Waals surface area contributed by atoms with Gasteiger partial charge in [0, 0.05) is 35.6 Å². The van der Waals surface area contributed by atoms with E-state index in [0.717, 1.165) is 47.0 Å². The fraction of sp³-hybridized carbons (Fsp3) is 0.333. The zero-order valence-corrected chi connectivity index (χ0v) is 17.7. The van der Waals surface area contributed by atoms with E-state index >= 15 is 0 Å². The van der Waals surface area contributed by atoms with Gasteiger partial charge in [0.2, 0.25) is 5.91 Å². The molecule has 0 bridgehead atoms. The van der Waals surface area contributed by atoms with Crippen LogP contribution in [0.4, 0.5) is 5.69 Å². The van der Waals surface area contributed by atoms with Crippen molar-refractivity contribution in [2.45, 2.75) is 39.0 Å². The molecule has 30 heavy (non-hydrogen) atoms. The average molecular weight is 408 g/mol. The molecule has 0 aliphatic carbocycles. The molecule has 158 valence electrons. The van der Waals surface area contributed by atoms with E-state index in [1.807, 2.05) is 30.5 Å². The van der Waals surface area contributed by atoms with Crippen molar-refractivity contribution in [1.29, 1.82) is 0 Å². The number of hydrogen-bond donors (Lipinski definition) is 2. The Balaban J connectivity index is 1.81. The molecule has 0 spiro atoms. The van der Waals surface area contributed by atoms with Crippen molar-refractivity contribution in [1.82, 2.24) is 4.98 Å². The van der Waals surface area contributed by atoms with Crippen LogP contribution in [0.25, 0.3) is 10.9 Å². The van der Waals surface area contributed by atoms with Crippen molar-refractivity contribution in [3.05, 3.63) is 59.3 Å². The SMILES string of the molecule is CCCCCC(=O)Nc1ccc2[nH]cc(Cc3ccc(C(=O)OC)cc3OC)c2c1. The second kappa shape index (κ2) is 9.96. The Hall–Kier alpha value is -3.28. The maximum atomic E-state index is 12.2. The number of benzene rings is 2. The quantitative estimate of drug-likeness (QED) is 0.382. The summed E-state index contributed by atoms with van der Waals surface area (Å²) >= 11 is 0. The zero-order chi connectivity index (χ0) is 21.5. The third-order valence-corrected chi connectivity index (χ3v) is 5.15. The molecule has 6 nitrogen and oxygen atoms in total. The predicted molar refractivity (Wildman–Crippen MR) is 118 cm³/mol. The van der Waals surface area contributed by atoms with Gasteiger partial charge in [-0.25, -0.2) is 4.79 Å². The predicted octanol–water partition coefficient (Wildman–Crippen LogP) is 5.07. The highest BCUT2D eigenvalue weighted by atomic mass is 16.5.